The van der Waals surface area contributed by atoms with Crippen LogP contribution in [0.5, 0.6) is 11.5 Å². The molecule has 0 unspecified atom stereocenters. The predicted octanol–water partition coefficient (Wildman–Crippen LogP) is 4.20. The summed E-state index contributed by atoms with van der Waals surface area (Å²) >= 11 is 1.30. The highest BCUT2D eigenvalue weighted by atomic mass is 32.1. The fraction of sp³-hybridized carbons (Fsp3) is 0.364. The standard InChI is InChI=1S/C22H26FN3O3S/c1-4-25(5-2)12-13-26(22-24-21-18(23)10-7-11-19(21)30-22)20(27)15-29-17-9-6-8-16(14-17)28-3/h6-11,14H,4-5,12-13,15H2,1-3H3. The van der Waals surface area contributed by atoms with Crippen LogP contribution in [0.1, 0.15) is 13.8 Å². The third kappa shape index (κ3) is 5.25. The van der Waals surface area contributed by atoms with Crippen LogP contribution in [0, 0.1) is 5.82 Å². The van der Waals surface area contributed by atoms with Crippen molar-refractivity contribution in [3.05, 3.63) is 48.3 Å². The molecule has 0 saturated heterocycles. The summed E-state index contributed by atoms with van der Waals surface area (Å²) in [5.74, 6) is 0.574. The van der Waals surface area contributed by atoms with Gasteiger partial charge in [-0.25, -0.2) is 9.37 Å². The number of halogens is 1. The van der Waals surface area contributed by atoms with E-state index in [0.29, 0.717) is 34.4 Å². The fourth-order valence-electron chi connectivity index (χ4n) is 3.04. The first-order chi connectivity index (χ1) is 14.5. The van der Waals surface area contributed by atoms with Gasteiger partial charge in [-0.05, 0) is 37.4 Å². The summed E-state index contributed by atoms with van der Waals surface area (Å²) in [4.78, 5) is 21.3. The Bertz CT molecular complexity index is 991. The Morgan fingerprint density at radius 3 is 2.53 bits per heavy atom. The number of benzene rings is 2. The number of rotatable bonds is 10. The Morgan fingerprint density at radius 1 is 1.10 bits per heavy atom. The normalized spacial score (nSPS) is 11.1. The Kier molecular flexibility index (Phi) is 7.59. The highest BCUT2D eigenvalue weighted by Gasteiger charge is 2.22. The number of likely N-dealkylation sites (N-methyl/N-ethyl adjacent to an activating group) is 1. The van der Waals surface area contributed by atoms with E-state index in [4.69, 9.17) is 9.47 Å². The van der Waals surface area contributed by atoms with Crippen molar-refractivity contribution in [3.63, 3.8) is 0 Å². The summed E-state index contributed by atoms with van der Waals surface area (Å²) in [5, 5.41) is 0.474. The fourth-order valence-corrected chi connectivity index (χ4v) is 4.06. The van der Waals surface area contributed by atoms with Gasteiger partial charge in [0.25, 0.3) is 5.91 Å². The lowest BCUT2D eigenvalue weighted by atomic mass is 10.3. The van der Waals surface area contributed by atoms with E-state index < -0.39 is 5.82 Å². The van der Waals surface area contributed by atoms with Gasteiger partial charge in [0.1, 0.15) is 22.8 Å². The maximum Gasteiger partial charge on any atom is 0.266 e. The molecule has 2 aromatic carbocycles. The monoisotopic (exact) mass is 431 g/mol. The number of aromatic nitrogens is 1. The first kappa shape index (κ1) is 22.0. The van der Waals surface area contributed by atoms with Gasteiger partial charge in [-0.2, -0.15) is 0 Å². The van der Waals surface area contributed by atoms with Crippen LogP contribution in [-0.2, 0) is 4.79 Å². The average molecular weight is 432 g/mol. The largest absolute Gasteiger partial charge is 0.497 e. The van der Waals surface area contributed by atoms with Gasteiger partial charge >= 0.3 is 0 Å². The first-order valence-electron chi connectivity index (χ1n) is 9.90. The number of hydrogen-bond acceptors (Lipinski definition) is 6. The topological polar surface area (TPSA) is 54.9 Å². The molecule has 0 radical (unpaired) electrons. The first-order valence-corrected chi connectivity index (χ1v) is 10.7. The molecule has 8 heteroatoms. The number of para-hydroxylation sites is 1. The molecule has 1 heterocycles. The molecule has 160 valence electrons. The highest BCUT2D eigenvalue weighted by molar-refractivity contribution is 7.22. The van der Waals surface area contributed by atoms with E-state index in [2.05, 4.69) is 23.7 Å². The molecule has 0 fully saturated rings. The summed E-state index contributed by atoms with van der Waals surface area (Å²) in [7, 11) is 1.57. The number of methoxy groups -OCH3 is 1. The van der Waals surface area contributed by atoms with Crippen molar-refractivity contribution in [1.29, 1.82) is 0 Å². The molecule has 0 atom stereocenters. The number of thiazole rings is 1. The quantitative estimate of drug-likeness (QED) is 0.482. The van der Waals surface area contributed by atoms with Crippen LogP contribution >= 0.6 is 11.3 Å². The van der Waals surface area contributed by atoms with Crippen LogP contribution in [0.15, 0.2) is 42.5 Å². The molecule has 0 spiro atoms. The maximum absolute atomic E-state index is 14.1. The minimum atomic E-state index is -0.390. The number of ether oxygens (including phenoxy) is 2. The molecule has 1 aromatic heterocycles. The van der Waals surface area contributed by atoms with Crippen molar-refractivity contribution < 1.29 is 18.7 Å². The van der Waals surface area contributed by atoms with Gasteiger partial charge in [0, 0.05) is 19.2 Å². The molecule has 0 saturated carbocycles. The molecular formula is C22H26FN3O3S. The van der Waals surface area contributed by atoms with Crippen LogP contribution in [0.3, 0.4) is 0 Å². The molecule has 3 aromatic rings. The molecule has 0 bridgehead atoms. The molecular weight excluding hydrogens is 405 g/mol. The van der Waals surface area contributed by atoms with Crippen LogP contribution < -0.4 is 14.4 Å². The van der Waals surface area contributed by atoms with Crippen LogP contribution in [0.2, 0.25) is 0 Å². The van der Waals surface area contributed by atoms with Crippen molar-refractivity contribution in [1.82, 2.24) is 9.88 Å². The number of hydrogen-bond donors (Lipinski definition) is 0. The average Bonchev–Trinajstić information content (AvgIpc) is 3.20. The van der Waals surface area contributed by atoms with E-state index >= 15 is 0 Å². The highest BCUT2D eigenvalue weighted by Crippen LogP contribution is 2.30. The van der Waals surface area contributed by atoms with E-state index in [1.165, 1.54) is 17.4 Å². The number of nitrogens with zero attached hydrogens (tertiary/aromatic N) is 3. The minimum Gasteiger partial charge on any atom is -0.497 e. The van der Waals surface area contributed by atoms with Crippen molar-refractivity contribution in [2.45, 2.75) is 13.8 Å². The lowest BCUT2D eigenvalue weighted by molar-refractivity contribution is -0.120. The Balaban J connectivity index is 1.80. The smallest absolute Gasteiger partial charge is 0.266 e. The zero-order chi connectivity index (χ0) is 21.5. The molecule has 0 N–H and O–H groups in total. The molecule has 3 rings (SSSR count). The molecule has 30 heavy (non-hydrogen) atoms. The van der Waals surface area contributed by atoms with Gasteiger partial charge in [-0.3, -0.25) is 9.69 Å². The molecule has 6 nitrogen and oxygen atoms in total. The Morgan fingerprint density at radius 2 is 1.83 bits per heavy atom. The van der Waals surface area contributed by atoms with Gasteiger partial charge in [0.2, 0.25) is 0 Å². The molecule has 0 aliphatic rings. The number of fused-ring (bicyclic) bond motifs is 1. The number of carbonyl (C=O) groups is 1. The predicted molar refractivity (Wildman–Crippen MR) is 118 cm³/mol. The van der Waals surface area contributed by atoms with Gasteiger partial charge in [0.05, 0.1) is 11.8 Å². The number of amides is 1. The van der Waals surface area contributed by atoms with Gasteiger partial charge in [-0.1, -0.05) is 37.3 Å². The Labute approximate surface area is 179 Å². The van der Waals surface area contributed by atoms with E-state index in [1.54, 1.807) is 48.4 Å². The zero-order valence-electron chi connectivity index (χ0n) is 17.4. The van der Waals surface area contributed by atoms with Gasteiger partial charge < -0.3 is 14.4 Å². The van der Waals surface area contributed by atoms with Crippen LogP contribution in [0.25, 0.3) is 10.2 Å². The van der Waals surface area contributed by atoms with Crippen molar-refractivity contribution in [2.24, 2.45) is 0 Å². The lowest BCUT2D eigenvalue weighted by Crippen LogP contribution is -2.41. The lowest BCUT2D eigenvalue weighted by Gasteiger charge is -2.24. The summed E-state index contributed by atoms with van der Waals surface area (Å²) in [6, 6.07) is 11.9. The zero-order valence-corrected chi connectivity index (χ0v) is 18.2. The SMILES string of the molecule is CCN(CC)CCN(C(=O)COc1cccc(OC)c1)c1nc2c(F)cccc2s1. The molecule has 0 aliphatic heterocycles. The van der Waals surface area contributed by atoms with Crippen molar-refractivity contribution in [2.75, 3.05) is 44.8 Å². The van der Waals surface area contributed by atoms with E-state index in [-0.39, 0.29) is 18.0 Å². The Hall–Kier alpha value is -2.71. The van der Waals surface area contributed by atoms with Crippen molar-refractivity contribution >= 4 is 32.6 Å². The third-order valence-electron chi connectivity index (χ3n) is 4.83. The second kappa shape index (κ2) is 10.4. The minimum absolute atomic E-state index is 0.149. The molecule has 1 amide bonds. The molecule has 0 aliphatic carbocycles. The van der Waals surface area contributed by atoms with Crippen molar-refractivity contribution in [3.8, 4) is 11.5 Å². The number of carbonyl (C=O) groups excluding carboxylic acids is 1. The second-order valence-electron chi connectivity index (χ2n) is 6.62. The van der Waals surface area contributed by atoms with Gasteiger partial charge in [0.15, 0.2) is 11.7 Å². The second-order valence-corrected chi connectivity index (χ2v) is 7.63. The summed E-state index contributed by atoms with van der Waals surface area (Å²) in [5.41, 5.74) is 0.284. The van der Waals surface area contributed by atoms with Gasteiger partial charge in [-0.15, -0.1) is 0 Å². The number of anilines is 1. The van der Waals surface area contributed by atoms with E-state index in [1.807, 2.05) is 0 Å². The third-order valence-corrected chi connectivity index (χ3v) is 5.87. The van der Waals surface area contributed by atoms with E-state index in [0.717, 1.165) is 13.1 Å². The van der Waals surface area contributed by atoms with Crippen LogP contribution in [0.4, 0.5) is 9.52 Å². The summed E-state index contributed by atoms with van der Waals surface area (Å²) < 4.78 is 25.7. The van der Waals surface area contributed by atoms with Crippen LogP contribution in [-0.4, -0.2) is 55.7 Å². The summed E-state index contributed by atoms with van der Waals surface area (Å²) in [6.07, 6.45) is 0. The maximum atomic E-state index is 14.1. The summed E-state index contributed by atoms with van der Waals surface area (Å²) in [6.45, 7) is 6.91. The van der Waals surface area contributed by atoms with E-state index in [9.17, 15) is 9.18 Å².